The molecule has 134 valence electrons. The Morgan fingerprint density at radius 1 is 1.26 bits per heavy atom. The van der Waals surface area contributed by atoms with E-state index >= 15 is 0 Å². The summed E-state index contributed by atoms with van der Waals surface area (Å²) in [5.74, 6) is -1.14. The van der Waals surface area contributed by atoms with Gasteiger partial charge < -0.3 is 15.2 Å². The maximum atomic E-state index is 11.7. The molecule has 10 heteroatoms. The van der Waals surface area contributed by atoms with Crippen LogP contribution in [0.1, 0.15) is 20.8 Å². The van der Waals surface area contributed by atoms with Crippen molar-refractivity contribution in [1.29, 1.82) is 0 Å². The summed E-state index contributed by atoms with van der Waals surface area (Å²) in [4.78, 5) is 24.1. The third-order valence-electron chi connectivity index (χ3n) is 3.39. The van der Waals surface area contributed by atoms with Gasteiger partial charge in [-0.15, -0.1) is 0 Å². The SMILES string of the molecule is CC(C)(C)OC(NC=O)C(C(=O)O)N1CCN(S(C)(=O)=O)CC1. The zero-order valence-electron chi connectivity index (χ0n) is 13.9. The van der Waals surface area contributed by atoms with Crippen molar-refractivity contribution in [3.05, 3.63) is 0 Å². The minimum absolute atomic E-state index is 0.200. The van der Waals surface area contributed by atoms with Crippen LogP contribution in [0.15, 0.2) is 0 Å². The molecule has 0 aromatic heterocycles. The van der Waals surface area contributed by atoms with Crippen LogP contribution in [0, 0.1) is 0 Å². The van der Waals surface area contributed by atoms with Gasteiger partial charge in [0.2, 0.25) is 16.4 Å². The van der Waals surface area contributed by atoms with Crippen LogP contribution >= 0.6 is 0 Å². The van der Waals surface area contributed by atoms with Crippen molar-refractivity contribution in [3.8, 4) is 0 Å². The van der Waals surface area contributed by atoms with E-state index in [2.05, 4.69) is 5.32 Å². The van der Waals surface area contributed by atoms with Gasteiger partial charge in [-0.2, -0.15) is 4.31 Å². The second kappa shape index (κ2) is 7.56. The first kappa shape index (κ1) is 19.8. The van der Waals surface area contributed by atoms with Crippen molar-refractivity contribution in [2.75, 3.05) is 32.4 Å². The highest BCUT2D eigenvalue weighted by Gasteiger charge is 2.39. The molecule has 9 nitrogen and oxygen atoms in total. The molecule has 2 N–H and O–H groups in total. The number of amides is 1. The van der Waals surface area contributed by atoms with Crippen molar-refractivity contribution in [2.45, 2.75) is 38.6 Å². The molecule has 1 saturated heterocycles. The van der Waals surface area contributed by atoms with Gasteiger partial charge in [0.15, 0.2) is 12.3 Å². The molecule has 1 aliphatic rings. The number of rotatable bonds is 7. The number of carboxylic acids is 1. The summed E-state index contributed by atoms with van der Waals surface area (Å²) >= 11 is 0. The van der Waals surface area contributed by atoms with Gasteiger partial charge in [0.25, 0.3) is 0 Å². The van der Waals surface area contributed by atoms with Gasteiger partial charge in [0.05, 0.1) is 11.9 Å². The number of hydrogen-bond donors (Lipinski definition) is 2. The number of carbonyl (C=O) groups excluding carboxylic acids is 1. The van der Waals surface area contributed by atoms with Gasteiger partial charge in [0, 0.05) is 26.2 Å². The fourth-order valence-electron chi connectivity index (χ4n) is 2.43. The predicted octanol–water partition coefficient (Wildman–Crippen LogP) is -1.10. The number of nitrogens with zero attached hydrogens (tertiary/aromatic N) is 2. The van der Waals surface area contributed by atoms with Crippen LogP contribution in [0.4, 0.5) is 0 Å². The Morgan fingerprint density at radius 2 is 1.78 bits per heavy atom. The maximum Gasteiger partial charge on any atom is 0.325 e. The van der Waals surface area contributed by atoms with E-state index in [1.165, 1.54) is 4.31 Å². The second-order valence-corrected chi connectivity index (χ2v) is 8.40. The Hall–Kier alpha value is -1.23. The Morgan fingerprint density at radius 3 is 2.13 bits per heavy atom. The summed E-state index contributed by atoms with van der Waals surface area (Å²) in [6.07, 6.45) is 0.491. The Kier molecular flexibility index (Phi) is 6.51. The smallest absolute Gasteiger partial charge is 0.325 e. The summed E-state index contributed by atoms with van der Waals surface area (Å²) in [7, 11) is -3.30. The number of ether oxygens (including phenoxy) is 1. The van der Waals surface area contributed by atoms with Crippen LogP contribution in [0.2, 0.25) is 0 Å². The summed E-state index contributed by atoms with van der Waals surface area (Å²) in [5.41, 5.74) is -0.650. The molecule has 0 saturated carbocycles. The largest absolute Gasteiger partial charge is 0.480 e. The lowest BCUT2D eigenvalue weighted by atomic mass is 10.1. The molecule has 0 aliphatic carbocycles. The van der Waals surface area contributed by atoms with E-state index in [0.29, 0.717) is 6.41 Å². The van der Waals surface area contributed by atoms with Crippen LogP contribution in [0.25, 0.3) is 0 Å². The van der Waals surface area contributed by atoms with Gasteiger partial charge in [-0.3, -0.25) is 14.5 Å². The van der Waals surface area contributed by atoms with Crippen LogP contribution in [0.3, 0.4) is 0 Å². The lowest BCUT2D eigenvalue weighted by molar-refractivity contribution is -0.162. The van der Waals surface area contributed by atoms with E-state index in [1.54, 1.807) is 25.7 Å². The number of carboxylic acid groups (broad SMARTS) is 1. The minimum Gasteiger partial charge on any atom is -0.480 e. The highest BCUT2D eigenvalue weighted by atomic mass is 32.2. The molecule has 0 aromatic rings. The molecule has 0 bridgehead atoms. The molecule has 2 unspecified atom stereocenters. The number of nitrogens with one attached hydrogen (secondary N) is 1. The summed E-state index contributed by atoms with van der Waals surface area (Å²) < 4.78 is 30.0. The molecule has 23 heavy (non-hydrogen) atoms. The van der Waals surface area contributed by atoms with E-state index in [9.17, 15) is 23.1 Å². The predicted molar refractivity (Wildman–Crippen MR) is 83.2 cm³/mol. The van der Waals surface area contributed by atoms with E-state index in [-0.39, 0.29) is 26.2 Å². The number of piperazine rings is 1. The fraction of sp³-hybridized carbons (Fsp3) is 0.846. The molecule has 1 heterocycles. The second-order valence-electron chi connectivity index (χ2n) is 6.42. The van der Waals surface area contributed by atoms with Crippen LogP contribution in [-0.4, -0.2) is 85.4 Å². The normalized spacial score (nSPS) is 20.7. The molecular formula is C13H25N3O6S. The molecule has 1 aliphatic heterocycles. The van der Waals surface area contributed by atoms with Gasteiger partial charge in [-0.1, -0.05) is 0 Å². The third-order valence-corrected chi connectivity index (χ3v) is 4.69. The summed E-state index contributed by atoms with van der Waals surface area (Å²) in [6, 6.07) is -1.10. The number of sulfonamides is 1. The van der Waals surface area contributed by atoms with Gasteiger partial charge in [-0.05, 0) is 20.8 Å². The van der Waals surface area contributed by atoms with Crippen molar-refractivity contribution >= 4 is 22.4 Å². The fourth-order valence-corrected chi connectivity index (χ4v) is 3.25. The monoisotopic (exact) mass is 351 g/mol. The van der Waals surface area contributed by atoms with Crippen molar-refractivity contribution in [2.24, 2.45) is 0 Å². The third kappa shape index (κ3) is 6.05. The quantitative estimate of drug-likeness (QED) is 0.442. The average molecular weight is 351 g/mol. The van der Waals surface area contributed by atoms with E-state index in [1.807, 2.05) is 0 Å². The molecule has 0 aromatic carbocycles. The molecule has 1 amide bonds. The number of aliphatic carboxylic acids is 1. The average Bonchev–Trinajstić information content (AvgIpc) is 2.36. The van der Waals surface area contributed by atoms with Gasteiger partial charge >= 0.3 is 5.97 Å². The van der Waals surface area contributed by atoms with E-state index in [0.717, 1.165) is 6.26 Å². The van der Waals surface area contributed by atoms with Crippen molar-refractivity contribution in [1.82, 2.24) is 14.5 Å². The van der Waals surface area contributed by atoms with Crippen molar-refractivity contribution in [3.63, 3.8) is 0 Å². The highest BCUT2D eigenvalue weighted by molar-refractivity contribution is 7.88. The van der Waals surface area contributed by atoms with Crippen LogP contribution in [0.5, 0.6) is 0 Å². The Labute approximate surface area is 136 Å². The first-order chi connectivity index (χ1) is 10.5. The molecule has 1 fully saturated rings. The first-order valence-electron chi connectivity index (χ1n) is 7.25. The zero-order chi connectivity index (χ0) is 17.8. The lowest BCUT2D eigenvalue weighted by Gasteiger charge is -2.40. The number of carbonyl (C=O) groups is 2. The Balaban J connectivity index is 2.89. The topological polar surface area (TPSA) is 116 Å². The van der Waals surface area contributed by atoms with Gasteiger partial charge in [-0.25, -0.2) is 8.42 Å². The maximum absolute atomic E-state index is 11.7. The van der Waals surface area contributed by atoms with Crippen molar-refractivity contribution < 1.29 is 27.9 Å². The van der Waals surface area contributed by atoms with E-state index in [4.69, 9.17) is 4.74 Å². The van der Waals surface area contributed by atoms with Gasteiger partial charge in [0.1, 0.15) is 0 Å². The minimum atomic E-state index is -3.30. The summed E-state index contributed by atoms with van der Waals surface area (Å²) in [5, 5.41) is 11.9. The zero-order valence-corrected chi connectivity index (χ0v) is 14.7. The standard InChI is InChI=1S/C13H25N3O6S/c1-13(2,3)22-11(14-9-17)10(12(18)19)15-5-7-16(8-6-15)23(4,20)21/h9-11H,5-8H2,1-4H3,(H,14,17)(H,18,19). The molecule has 2 atom stereocenters. The molecule has 0 spiro atoms. The highest BCUT2D eigenvalue weighted by Crippen LogP contribution is 2.17. The molecule has 1 rings (SSSR count). The van der Waals surface area contributed by atoms with Crippen LogP contribution in [-0.2, 0) is 24.3 Å². The Bertz CT molecular complexity index is 522. The number of hydrogen-bond acceptors (Lipinski definition) is 6. The molecular weight excluding hydrogens is 326 g/mol. The first-order valence-corrected chi connectivity index (χ1v) is 9.10. The lowest BCUT2D eigenvalue weighted by Crippen LogP contribution is -2.61. The summed E-state index contributed by atoms with van der Waals surface area (Å²) in [6.45, 7) is 6.16. The van der Waals surface area contributed by atoms with E-state index < -0.39 is 33.9 Å². The molecule has 0 radical (unpaired) electrons. The van der Waals surface area contributed by atoms with Crippen LogP contribution < -0.4 is 5.32 Å².